The predicted octanol–water partition coefficient (Wildman–Crippen LogP) is 1.78. The number of hydrogen-bond donors (Lipinski definition) is 2. The zero-order valence-electron chi connectivity index (χ0n) is 14.4. The lowest BCUT2D eigenvalue weighted by Crippen LogP contribution is -2.27. The van der Waals surface area contributed by atoms with Gasteiger partial charge >= 0.3 is 0 Å². The van der Waals surface area contributed by atoms with Crippen LogP contribution in [0.3, 0.4) is 0 Å². The van der Waals surface area contributed by atoms with E-state index >= 15 is 0 Å². The highest BCUT2D eigenvalue weighted by molar-refractivity contribution is 7.70. The first kappa shape index (κ1) is 18.1. The number of benzene rings is 1. The molecule has 0 spiro atoms. The molecule has 2 heterocycles. The molecule has 0 aliphatic rings. The van der Waals surface area contributed by atoms with Crippen molar-refractivity contribution in [2.75, 3.05) is 0 Å². The Labute approximate surface area is 152 Å². The van der Waals surface area contributed by atoms with Gasteiger partial charge in [-0.05, 0) is 25.5 Å². The second-order valence-corrected chi connectivity index (χ2v) is 6.79. The summed E-state index contributed by atoms with van der Waals surface area (Å²) in [4.78, 5) is 12.8. The maximum absolute atomic E-state index is 12.8. The van der Waals surface area contributed by atoms with E-state index in [9.17, 15) is 13.2 Å². The minimum atomic E-state index is -2.79. The lowest BCUT2D eigenvalue weighted by atomic mass is 10.0. The summed E-state index contributed by atoms with van der Waals surface area (Å²) in [6, 6.07) is 11.3. The molecule has 3 rings (SSSR count). The molecule has 2 aromatic heterocycles. The lowest BCUT2D eigenvalue weighted by molar-refractivity contribution is 0.393. The number of aryl methyl sites for hydroxylation is 2. The van der Waals surface area contributed by atoms with E-state index in [1.54, 1.807) is 23.8 Å². The molecule has 0 saturated heterocycles. The Morgan fingerprint density at radius 3 is 2.54 bits per heavy atom. The molecule has 8 heteroatoms. The SMILES string of the molecule is Cc1noc(C)c1-c1cc(CN[SH](=O)=O)c(=O)n(Cc2ccccc2)c1. The maximum atomic E-state index is 12.8. The van der Waals surface area contributed by atoms with E-state index in [0.717, 1.165) is 16.7 Å². The number of pyridine rings is 1. The van der Waals surface area contributed by atoms with Gasteiger partial charge in [0, 0.05) is 29.4 Å². The van der Waals surface area contributed by atoms with Gasteiger partial charge < -0.3 is 9.09 Å². The highest BCUT2D eigenvalue weighted by Gasteiger charge is 2.15. The third-order valence-electron chi connectivity index (χ3n) is 4.08. The zero-order valence-corrected chi connectivity index (χ0v) is 15.3. The van der Waals surface area contributed by atoms with Crippen LogP contribution in [0, 0.1) is 13.8 Å². The van der Waals surface area contributed by atoms with Crippen LogP contribution in [0.15, 0.2) is 51.9 Å². The summed E-state index contributed by atoms with van der Waals surface area (Å²) in [6.07, 6.45) is 1.75. The first-order chi connectivity index (χ1) is 12.5. The normalized spacial score (nSPS) is 11.2. The van der Waals surface area contributed by atoms with Gasteiger partial charge in [0.25, 0.3) is 5.56 Å². The summed E-state index contributed by atoms with van der Waals surface area (Å²) < 4.78 is 30.8. The molecule has 0 amide bonds. The van der Waals surface area contributed by atoms with Crippen molar-refractivity contribution in [3.63, 3.8) is 0 Å². The van der Waals surface area contributed by atoms with Crippen LogP contribution in [-0.2, 0) is 24.0 Å². The zero-order chi connectivity index (χ0) is 18.7. The van der Waals surface area contributed by atoms with Gasteiger partial charge in [0.1, 0.15) is 5.76 Å². The van der Waals surface area contributed by atoms with Crippen molar-refractivity contribution in [2.24, 2.45) is 0 Å². The maximum Gasteiger partial charge on any atom is 0.255 e. The molecule has 0 unspecified atom stereocenters. The summed E-state index contributed by atoms with van der Waals surface area (Å²) >= 11 is 0. The molecule has 3 aromatic rings. The van der Waals surface area contributed by atoms with Crippen LogP contribution in [0.2, 0.25) is 0 Å². The number of hydrogen-bond acceptors (Lipinski definition) is 5. The van der Waals surface area contributed by atoms with Crippen molar-refractivity contribution in [2.45, 2.75) is 26.9 Å². The average Bonchev–Trinajstić information content (AvgIpc) is 2.95. The fraction of sp³-hybridized carbons (Fsp3) is 0.222. The van der Waals surface area contributed by atoms with Crippen molar-refractivity contribution in [3.05, 3.63) is 75.5 Å². The molecule has 0 aliphatic heterocycles. The first-order valence-corrected chi connectivity index (χ1v) is 9.22. The van der Waals surface area contributed by atoms with E-state index < -0.39 is 10.9 Å². The molecule has 0 atom stereocenters. The molecule has 0 bridgehead atoms. The highest BCUT2D eigenvalue weighted by Crippen LogP contribution is 2.26. The molecule has 26 heavy (non-hydrogen) atoms. The van der Waals surface area contributed by atoms with Gasteiger partial charge in [-0.15, -0.1) is 0 Å². The van der Waals surface area contributed by atoms with Gasteiger partial charge in [-0.3, -0.25) is 4.79 Å². The third kappa shape index (κ3) is 3.92. The second kappa shape index (κ2) is 7.67. The minimum Gasteiger partial charge on any atom is -0.361 e. The number of rotatable bonds is 6. The van der Waals surface area contributed by atoms with Crippen molar-refractivity contribution in [1.82, 2.24) is 14.4 Å². The van der Waals surface area contributed by atoms with Crippen LogP contribution in [0.25, 0.3) is 11.1 Å². The molecule has 0 aliphatic carbocycles. The van der Waals surface area contributed by atoms with Crippen LogP contribution in [0.4, 0.5) is 0 Å². The summed E-state index contributed by atoms with van der Waals surface area (Å²) in [5, 5.41) is 3.96. The first-order valence-electron chi connectivity index (χ1n) is 8.04. The van der Waals surface area contributed by atoms with E-state index in [2.05, 4.69) is 9.88 Å². The van der Waals surface area contributed by atoms with Crippen LogP contribution in [0.5, 0.6) is 0 Å². The minimum absolute atomic E-state index is 0.0659. The van der Waals surface area contributed by atoms with Crippen molar-refractivity contribution in [1.29, 1.82) is 0 Å². The Hall–Kier alpha value is -2.71. The molecule has 0 fully saturated rings. The van der Waals surface area contributed by atoms with Gasteiger partial charge in [-0.1, -0.05) is 35.5 Å². The topological polar surface area (TPSA) is 94.2 Å². The molecular weight excluding hydrogens is 354 g/mol. The fourth-order valence-electron chi connectivity index (χ4n) is 2.90. The van der Waals surface area contributed by atoms with E-state index in [4.69, 9.17) is 4.52 Å². The predicted molar refractivity (Wildman–Crippen MR) is 98.4 cm³/mol. The van der Waals surface area contributed by atoms with E-state index in [1.807, 2.05) is 37.3 Å². The van der Waals surface area contributed by atoms with Crippen LogP contribution >= 0.6 is 0 Å². The number of aromatic nitrogens is 2. The Bertz CT molecular complexity index is 1020. The Balaban J connectivity index is 2.11. The Kier molecular flexibility index (Phi) is 5.34. The Morgan fingerprint density at radius 1 is 1.19 bits per heavy atom. The number of thiol groups is 1. The molecule has 0 radical (unpaired) electrons. The van der Waals surface area contributed by atoms with Gasteiger partial charge in [-0.2, -0.15) is 0 Å². The van der Waals surface area contributed by atoms with Gasteiger partial charge in [-0.25, -0.2) is 13.1 Å². The smallest absolute Gasteiger partial charge is 0.255 e. The van der Waals surface area contributed by atoms with Crippen LogP contribution in [-0.4, -0.2) is 18.1 Å². The summed E-state index contributed by atoms with van der Waals surface area (Å²) in [5.41, 5.74) is 3.36. The van der Waals surface area contributed by atoms with E-state index in [0.29, 0.717) is 23.6 Å². The lowest BCUT2D eigenvalue weighted by Gasteiger charge is -2.12. The Morgan fingerprint density at radius 2 is 1.92 bits per heavy atom. The average molecular weight is 373 g/mol. The summed E-state index contributed by atoms with van der Waals surface area (Å²) in [6.45, 7) is 3.94. The summed E-state index contributed by atoms with van der Waals surface area (Å²) in [5.74, 6) is 0.640. The van der Waals surface area contributed by atoms with Crippen molar-refractivity contribution in [3.8, 4) is 11.1 Å². The van der Waals surface area contributed by atoms with Crippen molar-refractivity contribution < 1.29 is 12.9 Å². The van der Waals surface area contributed by atoms with E-state index in [-0.39, 0.29) is 12.1 Å². The highest BCUT2D eigenvalue weighted by atomic mass is 32.2. The molecule has 136 valence electrons. The molecule has 1 N–H and O–H groups in total. The van der Waals surface area contributed by atoms with Crippen molar-refractivity contribution >= 4 is 10.9 Å². The third-order valence-corrected chi connectivity index (χ3v) is 4.49. The second-order valence-electron chi connectivity index (χ2n) is 5.96. The fourth-order valence-corrected chi connectivity index (χ4v) is 3.20. The number of nitrogens with one attached hydrogen (secondary N) is 1. The van der Waals surface area contributed by atoms with Crippen LogP contribution in [0.1, 0.15) is 22.6 Å². The van der Waals surface area contributed by atoms with Gasteiger partial charge in [0.2, 0.25) is 10.9 Å². The molecule has 0 saturated carbocycles. The summed E-state index contributed by atoms with van der Waals surface area (Å²) in [7, 11) is -2.79. The molecule has 7 nitrogen and oxygen atoms in total. The number of nitrogens with zero attached hydrogens (tertiary/aromatic N) is 2. The molecule has 1 aromatic carbocycles. The molecular formula is C18H19N3O4S. The van der Waals surface area contributed by atoms with Crippen LogP contribution < -0.4 is 10.3 Å². The quantitative estimate of drug-likeness (QED) is 0.643. The largest absolute Gasteiger partial charge is 0.361 e. The standard InChI is InChI=1S/C18H19N3O4S/c1-12-17(13(2)25-20-12)16-8-15(9-19-26(23)24)18(22)21(11-16)10-14-6-4-3-5-7-14/h3-8,11,26H,9-10H2,1-2H3,(H,19,23,24). The van der Waals surface area contributed by atoms with E-state index in [1.165, 1.54) is 0 Å². The van der Waals surface area contributed by atoms with Gasteiger partial charge in [0.15, 0.2) is 0 Å². The van der Waals surface area contributed by atoms with Gasteiger partial charge in [0.05, 0.1) is 12.2 Å². The monoisotopic (exact) mass is 373 g/mol.